The second kappa shape index (κ2) is 8.63. The van der Waals surface area contributed by atoms with Gasteiger partial charge in [0.1, 0.15) is 5.82 Å². The van der Waals surface area contributed by atoms with E-state index in [2.05, 4.69) is 57.3 Å². The van der Waals surface area contributed by atoms with E-state index >= 15 is 0 Å². The van der Waals surface area contributed by atoms with Crippen molar-refractivity contribution in [2.24, 2.45) is 0 Å². The molecule has 0 saturated carbocycles. The van der Waals surface area contributed by atoms with E-state index in [-0.39, 0.29) is 5.82 Å². The van der Waals surface area contributed by atoms with Crippen molar-refractivity contribution in [2.75, 3.05) is 19.6 Å². The first kappa shape index (κ1) is 18.8. The van der Waals surface area contributed by atoms with Gasteiger partial charge in [0.25, 0.3) is 0 Å². The molecule has 0 unspecified atom stereocenters. The molecule has 4 rings (SSSR count). The summed E-state index contributed by atoms with van der Waals surface area (Å²) in [6.45, 7) is 6.86. The minimum Gasteiger partial charge on any atom is -0.419 e. The van der Waals surface area contributed by atoms with Crippen LogP contribution < -0.4 is 0 Å². The van der Waals surface area contributed by atoms with Crippen molar-refractivity contribution in [2.45, 2.75) is 32.5 Å². The molecule has 1 aliphatic heterocycles. The molecule has 0 amide bonds. The Hall–Kier alpha value is -2.57. The van der Waals surface area contributed by atoms with Crippen molar-refractivity contribution in [3.63, 3.8) is 0 Å². The third-order valence-electron chi connectivity index (χ3n) is 5.32. The highest BCUT2D eigenvalue weighted by molar-refractivity contribution is 5.51. The normalized spacial score (nSPS) is 17.5. The van der Waals surface area contributed by atoms with Gasteiger partial charge in [-0.3, -0.25) is 9.80 Å². The average Bonchev–Trinajstić information content (AvgIpc) is 3.37. The highest BCUT2D eigenvalue weighted by atomic mass is 19.1. The Balaban J connectivity index is 1.36. The summed E-state index contributed by atoms with van der Waals surface area (Å²) in [5.74, 6) is 0.757. The van der Waals surface area contributed by atoms with Crippen molar-refractivity contribution < 1.29 is 8.81 Å². The molecule has 0 aliphatic carbocycles. The molecule has 5 nitrogen and oxygen atoms in total. The van der Waals surface area contributed by atoms with Crippen molar-refractivity contribution in [1.29, 1.82) is 0 Å². The van der Waals surface area contributed by atoms with E-state index in [0.717, 1.165) is 38.2 Å². The fourth-order valence-electron chi connectivity index (χ4n) is 3.79. The lowest BCUT2D eigenvalue weighted by Gasteiger charge is -2.26. The first-order valence-corrected chi connectivity index (χ1v) is 9.80. The number of benzene rings is 2. The predicted molar refractivity (Wildman–Crippen MR) is 106 cm³/mol. The molecule has 1 aliphatic rings. The number of rotatable bonds is 7. The zero-order valence-electron chi connectivity index (χ0n) is 16.1. The maximum Gasteiger partial charge on any atom is 0.247 e. The number of nitrogens with zero attached hydrogens (tertiary/aromatic N) is 4. The summed E-state index contributed by atoms with van der Waals surface area (Å²) in [7, 11) is 0. The van der Waals surface area contributed by atoms with Gasteiger partial charge in [0.15, 0.2) is 0 Å². The quantitative estimate of drug-likeness (QED) is 0.621. The van der Waals surface area contributed by atoms with Crippen molar-refractivity contribution >= 4 is 0 Å². The third kappa shape index (κ3) is 4.46. The molecule has 0 spiro atoms. The number of likely N-dealkylation sites (N-methyl/N-ethyl adjacent to an activating group) is 1. The maximum atomic E-state index is 13.1. The molecule has 3 aromatic rings. The Morgan fingerprint density at radius 2 is 1.89 bits per heavy atom. The molecule has 146 valence electrons. The maximum absolute atomic E-state index is 13.1. The number of hydrogen-bond acceptors (Lipinski definition) is 5. The largest absolute Gasteiger partial charge is 0.419 e. The van der Waals surface area contributed by atoms with Crippen molar-refractivity contribution in [3.05, 3.63) is 71.9 Å². The summed E-state index contributed by atoms with van der Waals surface area (Å²) in [6.07, 6.45) is 1.14. The van der Waals surface area contributed by atoms with Gasteiger partial charge in [0, 0.05) is 31.2 Å². The van der Waals surface area contributed by atoms with Gasteiger partial charge in [0.2, 0.25) is 11.8 Å². The summed E-state index contributed by atoms with van der Waals surface area (Å²) in [6, 6.07) is 17.2. The molecule has 2 aromatic carbocycles. The third-order valence-corrected chi connectivity index (χ3v) is 5.32. The van der Waals surface area contributed by atoms with Crippen molar-refractivity contribution in [3.8, 4) is 11.5 Å². The van der Waals surface area contributed by atoms with Crippen molar-refractivity contribution in [1.82, 2.24) is 20.0 Å². The van der Waals surface area contributed by atoms with Crippen LogP contribution in [0, 0.1) is 5.82 Å². The van der Waals surface area contributed by atoms with Crippen LogP contribution in [0.25, 0.3) is 11.5 Å². The zero-order chi connectivity index (χ0) is 19.3. The molecule has 0 N–H and O–H groups in total. The molecular formula is C22H25FN4O. The van der Waals surface area contributed by atoms with E-state index in [4.69, 9.17) is 4.42 Å². The lowest BCUT2D eigenvalue weighted by atomic mass is 10.2. The molecule has 1 atom stereocenters. The van der Waals surface area contributed by atoms with Crippen LogP contribution in [0.15, 0.2) is 59.0 Å². The fraction of sp³-hybridized carbons (Fsp3) is 0.364. The summed E-state index contributed by atoms with van der Waals surface area (Å²) in [4.78, 5) is 4.90. The Kier molecular flexibility index (Phi) is 5.78. The Labute approximate surface area is 164 Å². The summed E-state index contributed by atoms with van der Waals surface area (Å²) >= 11 is 0. The minimum atomic E-state index is -0.276. The van der Waals surface area contributed by atoms with E-state index in [1.54, 1.807) is 12.1 Å². The second-order valence-corrected chi connectivity index (χ2v) is 7.23. The van der Waals surface area contributed by atoms with E-state index in [1.807, 2.05) is 0 Å². The monoisotopic (exact) mass is 380 g/mol. The minimum absolute atomic E-state index is 0.276. The molecule has 0 bridgehead atoms. The smallest absolute Gasteiger partial charge is 0.247 e. The topological polar surface area (TPSA) is 45.4 Å². The predicted octanol–water partition coefficient (Wildman–Crippen LogP) is 3.97. The summed E-state index contributed by atoms with van der Waals surface area (Å²) in [5, 5.41) is 8.32. The standard InChI is InChI=1S/C22H25FN4O/c1-2-27(20-12-13-26(15-20)14-17-6-4-3-5-7-17)16-21-24-25-22(28-21)18-8-10-19(23)11-9-18/h3-11,20H,2,12-16H2,1H3/t20-/m1/s1. The average molecular weight is 380 g/mol. The van der Waals surface area contributed by atoms with Gasteiger partial charge in [-0.2, -0.15) is 0 Å². The Bertz CT molecular complexity index is 881. The summed E-state index contributed by atoms with van der Waals surface area (Å²) in [5.41, 5.74) is 2.09. The van der Waals surface area contributed by atoms with Gasteiger partial charge in [-0.15, -0.1) is 10.2 Å². The van der Waals surface area contributed by atoms with Gasteiger partial charge in [-0.1, -0.05) is 37.3 Å². The van der Waals surface area contributed by atoms with Crippen LogP contribution in [-0.4, -0.2) is 45.7 Å². The molecule has 28 heavy (non-hydrogen) atoms. The SMILES string of the molecule is CCN(Cc1nnc(-c2ccc(F)cc2)o1)[C@@H]1CCN(Cc2ccccc2)C1. The van der Waals surface area contributed by atoms with Crippen LogP contribution in [0.4, 0.5) is 4.39 Å². The first-order valence-electron chi connectivity index (χ1n) is 9.80. The Morgan fingerprint density at radius 3 is 2.64 bits per heavy atom. The molecule has 1 fully saturated rings. The van der Waals surface area contributed by atoms with Gasteiger partial charge >= 0.3 is 0 Å². The highest BCUT2D eigenvalue weighted by Crippen LogP contribution is 2.22. The van der Waals surface area contributed by atoms with Crippen LogP contribution in [0.5, 0.6) is 0 Å². The molecule has 1 saturated heterocycles. The molecular weight excluding hydrogens is 355 g/mol. The zero-order valence-corrected chi connectivity index (χ0v) is 16.1. The van der Waals surface area contributed by atoms with Crippen LogP contribution in [0.1, 0.15) is 24.8 Å². The lowest BCUT2D eigenvalue weighted by molar-refractivity contribution is 0.176. The van der Waals surface area contributed by atoms with Gasteiger partial charge in [-0.05, 0) is 42.8 Å². The number of hydrogen-bond donors (Lipinski definition) is 0. The van der Waals surface area contributed by atoms with E-state index < -0.39 is 0 Å². The first-order chi connectivity index (χ1) is 13.7. The fourth-order valence-corrected chi connectivity index (χ4v) is 3.79. The van der Waals surface area contributed by atoms with Crippen LogP contribution >= 0.6 is 0 Å². The molecule has 1 aromatic heterocycles. The number of halogens is 1. The molecule has 2 heterocycles. The number of likely N-dealkylation sites (tertiary alicyclic amines) is 1. The van der Waals surface area contributed by atoms with Crippen LogP contribution in [0.2, 0.25) is 0 Å². The molecule has 0 radical (unpaired) electrons. The van der Waals surface area contributed by atoms with Crippen LogP contribution in [-0.2, 0) is 13.1 Å². The van der Waals surface area contributed by atoms with Gasteiger partial charge < -0.3 is 4.42 Å². The van der Waals surface area contributed by atoms with Crippen LogP contribution in [0.3, 0.4) is 0 Å². The van der Waals surface area contributed by atoms with Gasteiger partial charge in [0.05, 0.1) is 6.54 Å². The summed E-state index contributed by atoms with van der Waals surface area (Å²) < 4.78 is 18.9. The number of aromatic nitrogens is 2. The Morgan fingerprint density at radius 1 is 1.11 bits per heavy atom. The van der Waals surface area contributed by atoms with Gasteiger partial charge in [-0.25, -0.2) is 4.39 Å². The lowest BCUT2D eigenvalue weighted by Crippen LogP contribution is -2.37. The molecule has 6 heteroatoms. The van der Waals surface area contributed by atoms with E-state index in [0.29, 0.717) is 24.4 Å². The van der Waals surface area contributed by atoms with E-state index in [9.17, 15) is 4.39 Å². The van der Waals surface area contributed by atoms with E-state index in [1.165, 1.54) is 17.7 Å². The second-order valence-electron chi connectivity index (χ2n) is 7.23. The highest BCUT2D eigenvalue weighted by Gasteiger charge is 2.28.